The van der Waals surface area contributed by atoms with Gasteiger partial charge in [-0.15, -0.1) is 0 Å². The predicted octanol–water partition coefficient (Wildman–Crippen LogP) is 4.44. The van der Waals surface area contributed by atoms with E-state index in [2.05, 4.69) is 22.9 Å². The van der Waals surface area contributed by atoms with Crippen LogP contribution in [-0.4, -0.2) is 29.2 Å². The maximum absolute atomic E-state index is 13.5. The number of ether oxygens (including phenoxy) is 2. The Morgan fingerprint density at radius 1 is 1.21 bits per heavy atom. The normalized spacial score (nSPS) is 47.9. The van der Waals surface area contributed by atoms with Crippen molar-refractivity contribution in [2.45, 2.75) is 63.4 Å². The van der Waals surface area contributed by atoms with Crippen LogP contribution < -0.4 is 0 Å². The third-order valence-electron chi connectivity index (χ3n) is 6.06. The van der Waals surface area contributed by atoms with Gasteiger partial charge in [-0.3, -0.25) is 0 Å². The Kier molecular flexibility index (Phi) is 3.81. The van der Waals surface area contributed by atoms with Crippen LogP contribution >= 0.6 is 15.9 Å². The Bertz CT molecular complexity index is 580. The van der Waals surface area contributed by atoms with Crippen LogP contribution in [0, 0.1) is 17.8 Å². The van der Waals surface area contributed by atoms with E-state index in [1.54, 1.807) is 6.92 Å². The first-order valence-corrected chi connectivity index (χ1v) is 9.41. The standard InChI is InChI=1S/C16H20BrF3O4/c1-8-3-4-11-9(7-17)12(16(18,19)20)21-13-15(11)10(8)5-6-14(2,22-13)23-24-15/h8,10-11,13H,3-7H2,1-2H3/t8-,10?,11+,13-,14-,15-/m1/s1. The van der Waals surface area contributed by atoms with Crippen LogP contribution in [0.1, 0.15) is 39.5 Å². The minimum absolute atomic E-state index is 0.0365. The van der Waals surface area contributed by atoms with Gasteiger partial charge in [0.15, 0.2) is 5.60 Å². The van der Waals surface area contributed by atoms with E-state index in [-0.39, 0.29) is 16.8 Å². The van der Waals surface area contributed by atoms with Crippen LogP contribution in [0.2, 0.25) is 0 Å². The van der Waals surface area contributed by atoms with Gasteiger partial charge in [0, 0.05) is 23.6 Å². The summed E-state index contributed by atoms with van der Waals surface area (Å²) in [6.45, 7) is 3.81. The number of rotatable bonds is 1. The molecule has 136 valence electrons. The van der Waals surface area contributed by atoms with Crippen LogP contribution in [0.25, 0.3) is 0 Å². The molecule has 1 saturated carbocycles. The first-order chi connectivity index (χ1) is 11.2. The number of alkyl halides is 4. The third-order valence-corrected chi connectivity index (χ3v) is 6.66. The molecule has 5 aliphatic rings. The topological polar surface area (TPSA) is 36.9 Å². The minimum Gasteiger partial charge on any atom is -0.456 e. The van der Waals surface area contributed by atoms with Gasteiger partial charge in [-0.1, -0.05) is 22.9 Å². The molecule has 3 saturated heterocycles. The van der Waals surface area contributed by atoms with Gasteiger partial charge in [0.1, 0.15) is 0 Å². The zero-order valence-electron chi connectivity index (χ0n) is 13.5. The first kappa shape index (κ1) is 17.1. The van der Waals surface area contributed by atoms with Crippen molar-refractivity contribution in [2.75, 3.05) is 5.33 Å². The molecule has 0 radical (unpaired) electrons. The van der Waals surface area contributed by atoms with E-state index < -0.39 is 35.5 Å². The summed E-state index contributed by atoms with van der Waals surface area (Å²) < 4.78 is 51.9. The van der Waals surface area contributed by atoms with Gasteiger partial charge in [0.05, 0.1) is 0 Å². The molecule has 4 fully saturated rings. The lowest BCUT2D eigenvalue weighted by atomic mass is 9.59. The monoisotopic (exact) mass is 412 g/mol. The summed E-state index contributed by atoms with van der Waals surface area (Å²) >= 11 is 3.22. The van der Waals surface area contributed by atoms with Crippen molar-refractivity contribution in [2.24, 2.45) is 17.8 Å². The Morgan fingerprint density at radius 3 is 2.62 bits per heavy atom. The van der Waals surface area contributed by atoms with E-state index in [0.29, 0.717) is 18.8 Å². The molecule has 0 aromatic rings. The van der Waals surface area contributed by atoms with Gasteiger partial charge >= 0.3 is 6.18 Å². The van der Waals surface area contributed by atoms with Crippen LogP contribution in [0.4, 0.5) is 13.2 Å². The fourth-order valence-electron chi connectivity index (χ4n) is 4.89. The SMILES string of the molecule is C[C@@H]1CC[C@H]2C(CBr)=C(C(F)(F)F)O[C@@H]3O[C@@]4(C)CCC1[C@]32OO4. The second-order valence-corrected chi connectivity index (χ2v) is 8.02. The average molecular weight is 413 g/mol. The lowest BCUT2D eigenvalue weighted by Crippen LogP contribution is -2.67. The maximum Gasteiger partial charge on any atom is 0.449 e. The van der Waals surface area contributed by atoms with E-state index in [1.165, 1.54) is 0 Å². The lowest BCUT2D eigenvalue weighted by Gasteiger charge is -2.57. The number of fused-ring (bicyclic) bond motifs is 2. The molecule has 8 heteroatoms. The van der Waals surface area contributed by atoms with Crippen molar-refractivity contribution in [1.29, 1.82) is 0 Å². The second kappa shape index (κ2) is 5.34. The summed E-state index contributed by atoms with van der Waals surface area (Å²) in [5, 5.41) is 0.0860. The molecular weight excluding hydrogens is 393 g/mol. The lowest BCUT2D eigenvalue weighted by molar-refractivity contribution is -0.557. The Hall–Kier alpha value is -0.310. The molecule has 1 aliphatic carbocycles. The highest BCUT2D eigenvalue weighted by molar-refractivity contribution is 9.09. The maximum atomic E-state index is 13.5. The molecule has 1 unspecified atom stereocenters. The number of halogens is 4. The molecule has 0 aromatic carbocycles. The average Bonchev–Trinajstić information content (AvgIpc) is 2.74. The molecule has 24 heavy (non-hydrogen) atoms. The fraction of sp³-hybridized carbons (Fsp3) is 0.875. The third kappa shape index (κ3) is 2.22. The molecule has 1 spiro atoms. The highest BCUT2D eigenvalue weighted by Crippen LogP contribution is 2.61. The zero-order valence-corrected chi connectivity index (χ0v) is 15.1. The summed E-state index contributed by atoms with van der Waals surface area (Å²) in [4.78, 5) is 11.4. The van der Waals surface area contributed by atoms with Crippen molar-refractivity contribution >= 4 is 15.9 Å². The second-order valence-electron chi connectivity index (χ2n) is 7.46. The molecular formula is C16H20BrF3O4. The van der Waals surface area contributed by atoms with E-state index in [0.717, 1.165) is 12.8 Å². The smallest absolute Gasteiger partial charge is 0.449 e. The zero-order chi connectivity index (χ0) is 17.3. The van der Waals surface area contributed by atoms with Crippen molar-refractivity contribution < 1.29 is 32.4 Å². The quantitative estimate of drug-likeness (QED) is 0.471. The predicted molar refractivity (Wildman–Crippen MR) is 80.8 cm³/mol. The summed E-state index contributed by atoms with van der Waals surface area (Å²) in [7, 11) is 0. The highest BCUT2D eigenvalue weighted by atomic mass is 79.9. The van der Waals surface area contributed by atoms with Gasteiger partial charge < -0.3 is 9.47 Å². The summed E-state index contributed by atoms with van der Waals surface area (Å²) in [5.74, 6) is -2.09. The van der Waals surface area contributed by atoms with Gasteiger partial charge in [0.25, 0.3) is 0 Å². The fourth-order valence-corrected chi connectivity index (χ4v) is 5.54. The largest absolute Gasteiger partial charge is 0.456 e. The first-order valence-electron chi connectivity index (χ1n) is 8.29. The van der Waals surface area contributed by atoms with Gasteiger partial charge in [-0.25, -0.2) is 9.78 Å². The van der Waals surface area contributed by atoms with E-state index in [4.69, 9.17) is 19.2 Å². The number of hydrogen-bond donors (Lipinski definition) is 0. The van der Waals surface area contributed by atoms with Crippen LogP contribution in [-0.2, 0) is 19.2 Å². The Balaban J connectivity index is 1.88. The van der Waals surface area contributed by atoms with Gasteiger partial charge in [-0.2, -0.15) is 13.2 Å². The molecule has 0 aromatic heterocycles. The highest BCUT2D eigenvalue weighted by Gasteiger charge is 2.69. The van der Waals surface area contributed by atoms with Gasteiger partial charge in [0.2, 0.25) is 17.8 Å². The molecule has 4 aliphatic heterocycles. The number of allylic oxidation sites excluding steroid dienone is 1. The molecule has 2 bridgehead atoms. The molecule has 5 rings (SSSR count). The summed E-state index contributed by atoms with van der Waals surface area (Å²) in [6, 6.07) is 0. The summed E-state index contributed by atoms with van der Waals surface area (Å²) in [5.41, 5.74) is -0.806. The molecule has 6 atom stereocenters. The van der Waals surface area contributed by atoms with Crippen LogP contribution in [0.3, 0.4) is 0 Å². The van der Waals surface area contributed by atoms with Crippen molar-refractivity contribution in [1.82, 2.24) is 0 Å². The van der Waals surface area contributed by atoms with Crippen LogP contribution in [0.5, 0.6) is 0 Å². The van der Waals surface area contributed by atoms with E-state index in [1.807, 2.05) is 0 Å². The van der Waals surface area contributed by atoms with Crippen molar-refractivity contribution in [3.05, 3.63) is 11.3 Å². The minimum atomic E-state index is -4.56. The molecule has 4 nitrogen and oxygen atoms in total. The number of hydrogen-bond acceptors (Lipinski definition) is 4. The van der Waals surface area contributed by atoms with E-state index >= 15 is 0 Å². The van der Waals surface area contributed by atoms with Gasteiger partial charge in [-0.05, 0) is 37.7 Å². The summed E-state index contributed by atoms with van der Waals surface area (Å²) in [6.07, 6.45) is -2.85. The van der Waals surface area contributed by atoms with Crippen molar-refractivity contribution in [3.8, 4) is 0 Å². The van der Waals surface area contributed by atoms with Crippen molar-refractivity contribution in [3.63, 3.8) is 0 Å². The Morgan fingerprint density at radius 2 is 1.96 bits per heavy atom. The molecule has 0 N–H and O–H groups in total. The molecule has 0 amide bonds. The van der Waals surface area contributed by atoms with E-state index in [9.17, 15) is 13.2 Å². The Labute approximate surface area is 146 Å². The van der Waals surface area contributed by atoms with Crippen LogP contribution in [0.15, 0.2) is 11.3 Å². The molecule has 4 heterocycles.